The number of carbonyl (C=O) groups is 4. The van der Waals surface area contributed by atoms with E-state index in [4.69, 9.17) is 56.6 Å². The molecule has 2 heterocycles. The van der Waals surface area contributed by atoms with E-state index in [1.165, 1.54) is 6.07 Å². The second-order valence-electron chi connectivity index (χ2n) is 19.7. The summed E-state index contributed by atoms with van der Waals surface area (Å²) in [6.45, 7) is 15.6. The van der Waals surface area contributed by atoms with E-state index < -0.39 is 23.8 Å². The third kappa shape index (κ3) is 21.5. The van der Waals surface area contributed by atoms with E-state index in [2.05, 4.69) is 43.0 Å². The van der Waals surface area contributed by atoms with Gasteiger partial charge in [0.15, 0.2) is 5.82 Å². The van der Waals surface area contributed by atoms with Gasteiger partial charge in [-0.3, -0.25) is 24.6 Å². The van der Waals surface area contributed by atoms with Crippen molar-refractivity contribution in [2.45, 2.75) is 52.2 Å². The smallest absolute Gasteiger partial charge is 0.319 e. The number of urea groups is 1. The predicted octanol–water partition coefficient (Wildman–Crippen LogP) is 8.96. The number of hydrogen-bond donors (Lipinski definition) is 6. The quantitative estimate of drug-likeness (QED) is 0.0124. The Bertz CT molecular complexity index is 3120. The van der Waals surface area contributed by atoms with E-state index in [1.807, 2.05) is 56.3 Å². The van der Waals surface area contributed by atoms with E-state index in [-0.39, 0.29) is 40.9 Å². The van der Waals surface area contributed by atoms with Gasteiger partial charge in [0.2, 0.25) is 18.3 Å². The molecule has 0 bridgehead atoms. The third-order valence-electron chi connectivity index (χ3n) is 13.3. The summed E-state index contributed by atoms with van der Waals surface area (Å²) in [6.07, 6.45) is 4.68. The number of carbonyl (C=O) groups excluding carboxylic acids is 4. The fourth-order valence-electron chi connectivity index (χ4n) is 9.36. The molecular formula is C62H78Cl2FN9O11. The van der Waals surface area contributed by atoms with Crippen LogP contribution in [0.1, 0.15) is 53.7 Å². The van der Waals surface area contributed by atoms with Gasteiger partial charge < -0.3 is 59.7 Å². The van der Waals surface area contributed by atoms with Gasteiger partial charge >= 0.3 is 6.03 Å². The molecule has 1 atom stereocenters. The molecule has 0 radical (unpaired) electrons. The van der Waals surface area contributed by atoms with Crippen molar-refractivity contribution < 1.29 is 57.1 Å². The lowest BCUT2D eigenvalue weighted by molar-refractivity contribution is -0.129. The summed E-state index contributed by atoms with van der Waals surface area (Å²) < 4.78 is 50.7. The van der Waals surface area contributed by atoms with Crippen LogP contribution in [-0.4, -0.2) is 170 Å². The number of rotatable bonds is 35. The molecule has 20 nitrogen and oxygen atoms in total. The molecule has 1 aliphatic heterocycles. The van der Waals surface area contributed by atoms with Crippen LogP contribution in [0.2, 0.25) is 10.0 Å². The van der Waals surface area contributed by atoms with Gasteiger partial charge in [-0.1, -0.05) is 85.1 Å². The minimum absolute atomic E-state index is 0.00245. The van der Waals surface area contributed by atoms with E-state index in [0.717, 1.165) is 47.7 Å². The second-order valence-corrected chi connectivity index (χ2v) is 20.5. The molecule has 0 saturated carbocycles. The van der Waals surface area contributed by atoms with Crippen molar-refractivity contribution in [2.24, 2.45) is 0 Å². The number of aromatic nitrogens is 2. The van der Waals surface area contributed by atoms with Crippen molar-refractivity contribution in [1.82, 2.24) is 30.8 Å². The number of ether oxygens (including phenoxy) is 6. The van der Waals surface area contributed by atoms with Crippen LogP contribution in [-0.2, 0) is 57.5 Å². The van der Waals surface area contributed by atoms with Gasteiger partial charge in [-0.05, 0) is 96.2 Å². The van der Waals surface area contributed by atoms with Crippen LogP contribution in [0, 0.1) is 5.82 Å². The average molecular weight is 1220 g/mol. The number of piperazine rings is 1. The molecule has 458 valence electrons. The van der Waals surface area contributed by atoms with Crippen molar-refractivity contribution in [3.05, 3.63) is 130 Å². The maximum absolute atomic E-state index is 16.7. The Morgan fingerprint density at radius 2 is 1.47 bits per heavy atom. The Morgan fingerprint density at radius 1 is 0.824 bits per heavy atom. The summed E-state index contributed by atoms with van der Waals surface area (Å²) in [4.78, 5) is 61.4. The molecule has 1 saturated heterocycles. The highest BCUT2D eigenvalue weighted by molar-refractivity contribution is 6.35. The van der Waals surface area contributed by atoms with Crippen LogP contribution >= 0.6 is 23.2 Å². The Hall–Kier alpha value is -6.89. The summed E-state index contributed by atoms with van der Waals surface area (Å²) in [5.41, 5.74) is 4.04. The molecule has 85 heavy (non-hydrogen) atoms. The fraction of sp³-hybridized carbons (Fsp3) is 0.419. The maximum atomic E-state index is 16.7. The van der Waals surface area contributed by atoms with Crippen LogP contribution in [0.5, 0.6) is 5.75 Å². The largest absolute Gasteiger partial charge is 0.508 e. The number of hydrogen-bond acceptors (Lipinski definition) is 17. The highest BCUT2D eigenvalue weighted by Gasteiger charge is 2.26. The summed E-state index contributed by atoms with van der Waals surface area (Å²) in [6, 6.07) is 21.8. The van der Waals surface area contributed by atoms with Crippen LogP contribution in [0.3, 0.4) is 0 Å². The Kier molecular flexibility index (Phi) is 29.1. The molecule has 1 aliphatic rings. The Labute approximate surface area is 506 Å². The van der Waals surface area contributed by atoms with Crippen LogP contribution in [0.4, 0.5) is 26.6 Å². The first-order valence-electron chi connectivity index (χ1n) is 28.4. The molecule has 0 aliphatic carbocycles. The van der Waals surface area contributed by atoms with Gasteiger partial charge in [-0.25, -0.2) is 14.2 Å². The monoisotopic (exact) mass is 1210 g/mol. The normalized spacial score (nSPS) is 12.6. The average Bonchev–Trinajstić information content (AvgIpc) is 1.23. The molecule has 23 heteroatoms. The molecule has 0 spiro atoms. The zero-order valence-electron chi connectivity index (χ0n) is 48.5. The first-order valence-corrected chi connectivity index (χ1v) is 29.1. The number of benzene rings is 5. The SMILES string of the molecule is C=CC.CCCC(C(=O)NC=O)N(C)Cc1cc(CNC(=O)Nc2cc(Cl)cc(CCOCCOCCOCCOCCOCCOCCNc3nc(N4CCNCC4)c4cc(Cl)c(-c5cc(O)cc6ccccc56)c(F)c4n3)c2)ccc1C=O. The Balaban J connectivity index is 0.00000377. The predicted molar refractivity (Wildman–Crippen MR) is 331 cm³/mol. The number of halogens is 3. The number of aromatic hydroxyl groups is 1. The number of nitrogens with one attached hydrogen (secondary N) is 5. The highest BCUT2D eigenvalue weighted by Crippen LogP contribution is 2.42. The summed E-state index contributed by atoms with van der Waals surface area (Å²) in [5, 5.41) is 27.6. The Morgan fingerprint density at radius 3 is 2.12 bits per heavy atom. The molecule has 4 amide bonds. The van der Waals surface area contributed by atoms with Crippen molar-refractivity contribution in [1.29, 1.82) is 0 Å². The van der Waals surface area contributed by atoms with Gasteiger partial charge in [0.1, 0.15) is 23.4 Å². The summed E-state index contributed by atoms with van der Waals surface area (Å²) >= 11 is 13.2. The molecule has 1 aromatic heterocycles. The van der Waals surface area contributed by atoms with Crippen molar-refractivity contribution in [3.63, 3.8) is 0 Å². The maximum Gasteiger partial charge on any atom is 0.319 e. The lowest BCUT2D eigenvalue weighted by Gasteiger charge is -2.29. The number of allylic oxidation sites excluding steroid dienone is 1. The molecule has 6 aromatic rings. The molecule has 6 N–H and O–H groups in total. The van der Waals surface area contributed by atoms with Crippen LogP contribution in [0.15, 0.2) is 91.5 Å². The van der Waals surface area contributed by atoms with Gasteiger partial charge in [0.05, 0.1) is 90.3 Å². The van der Waals surface area contributed by atoms with Gasteiger partial charge in [0.25, 0.3) is 0 Å². The van der Waals surface area contributed by atoms with E-state index >= 15 is 4.39 Å². The van der Waals surface area contributed by atoms with Gasteiger partial charge in [0, 0.05) is 73.0 Å². The van der Waals surface area contributed by atoms with Crippen molar-refractivity contribution >= 4 is 87.0 Å². The van der Waals surface area contributed by atoms with Crippen LogP contribution < -0.4 is 31.5 Å². The summed E-state index contributed by atoms with van der Waals surface area (Å²) in [7, 11) is 1.76. The van der Waals surface area contributed by atoms with E-state index in [1.54, 1.807) is 48.4 Å². The molecule has 5 aromatic carbocycles. The highest BCUT2D eigenvalue weighted by atomic mass is 35.5. The fourth-order valence-corrected chi connectivity index (χ4v) is 9.91. The number of phenols is 1. The first kappa shape index (κ1) is 67.2. The second kappa shape index (κ2) is 36.8. The van der Waals surface area contributed by atoms with Crippen molar-refractivity contribution in [3.8, 4) is 16.9 Å². The number of fused-ring (bicyclic) bond motifs is 2. The topological polar surface area (TPSA) is 236 Å². The number of imide groups is 1. The molecule has 7 rings (SSSR count). The van der Waals surface area contributed by atoms with Crippen molar-refractivity contribution in [2.75, 3.05) is 135 Å². The van der Waals surface area contributed by atoms with Crippen LogP contribution in [0.25, 0.3) is 32.8 Å². The molecule has 1 unspecified atom stereocenters. The third-order valence-corrected chi connectivity index (χ3v) is 13.9. The molecular weight excluding hydrogens is 1140 g/mol. The number of nitrogens with zero attached hydrogens (tertiary/aromatic N) is 4. The van der Waals surface area contributed by atoms with E-state index in [0.29, 0.717) is 157 Å². The molecule has 1 fully saturated rings. The summed E-state index contributed by atoms with van der Waals surface area (Å²) in [5.74, 6) is -0.160. The van der Waals surface area contributed by atoms with E-state index in [9.17, 15) is 24.3 Å². The number of likely N-dealkylation sites (N-methyl/N-ethyl adjacent to an activating group) is 1. The zero-order valence-corrected chi connectivity index (χ0v) is 50.0. The van der Waals surface area contributed by atoms with Gasteiger partial charge in [-0.2, -0.15) is 4.98 Å². The van der Waals surface area contributed by atoms with Gasteiger partial charge in [-0.15, -0.1) is 6.58 Å². The lowest BCUT2D eigenvalue weighted by Crippen LogP contribution is -2.44. The number of aldehydes is 1. The minimum atomic E-state index is -0.598. The first-order chi connectivity index (χ1) is 41.4. The number of phenolic OH excluding ortho intramolecular Hbond substituents is 1. The lowest BCUT2D eigenvalue weighted by atomic mass is 9.96. The number of anilines is 3. The standard InChI is InChI=1S/C59H72Cl2FN9O11.C3H6/c1-3-6-52(57(75)66-39-73)70(2)37-44-29-41(9-10-43(44)38-72)36-65-59(76)67-46-31-40(30-45(60)33-46)11-17-77-19-21-79-23-25-81-27-28-82-26-24-80-22-20-78-18-14-64-58-68-55-50(56(69-58)71-15-12-63-13-16-71)35-51(61)53(54(55)62)49-34-47(74)32-42-7-4-5-8-48(42)49;1-3-2/h4-5,7-10,29-35,38-39,52,63,74H,3,6,11-28,36-37H2,1-2H3,(H,64,68,69)(H2,65,67,76)(H,66,73,75);3H,1H2,2H3. The zero-order chi connectivity index (χ0) is 60.8. The number of amides is 4. The minimum Gasteiger partial charge on any atom is -0.508 e.